The van der Waals surface area contributed by atoms with E-state index in [9.17, 15) is 0 Å². The van der Waals surface area contributed by atoms with Gasteiger partial charge in [0.25, 0.3) is 0 Å². The summed E-state index contributed by atoms with van der Waals surface area (Å²) in [6.07, 6.45) is 1.73. The number of aromatic nitrogens is 3. The number of rotatable bonds is 4. The number of aryl methyl sites for hydroxylation is 1. The molecule has 0 aromatic carbocycles. The average Bonchev–Trinajstić information content (AvgIpc) is 2.56. The first-order chi connectivity index (χ1) is 10.8. The molecule has 1 aliphatic heterocycles. The lowest BCUT2D eigenvalue weighted by Gasteiger charge is -2.27. The Kier molecular flexibility index (Phi) is 4.48. The summed E-state index contributed by atoms with van der Waals surface area (Å²) in [6, 6.07) is 5.83. The van der Waals surface area contributed by atoms with Crippen LogP contribution in [0.5, 0.6) is 5.88 Å². The summed E-state index contributed by atoms with van der Waals surface area (Å²) in [5.74, 6) is 1.35. The monoisotopic (exact) mass is 300 g/mol. The van der Waals surface area contributed by atoms with Gasteiger partial charge in [0, 0.05) is 25.0 Å². The van der Waals surface area contributed by atoms with E-state index in [0.29, 0.717) is 25.7 Å². The van der Waals surface area contributed by atoms with Crippen molar-refractivity contribution in [1.29, 1.82) is 0 Å². The Balaban J connectivity index is 1.99. The summed E-state index contributed by atoms with van der Waals surface area (Å²) in [5.41, 5.74) is 2.66. The second-order valence-electron chi connectivity index (χ2n) is 5.08. The number of hydrogen-bond acceptors (Lipinski definition) is 6. The Morgan fingerprint density at radius 3 is 2.86 bits per heavy atom. The first-order valence-corrected chi connectivity index (χ1v) is 7.54. The molecule has 116 valence electrons. The molecular formula is C16H20N4O2. The van der Waals surface area contributed by atoms with Crippen LogP contribution in [-0.2, 0) is 4.74 Å². The van der Waals surface area contributed by atoms with E-state index in [2.05, 4.69) is 14.9 Å². The average molecular weight is 300 g/mol. The van der Waals surface area contributed by atoms with E-state index in [1.165, 1.54) is 0 Å². The fourth-order valence-electron chi connectivity index (χ4n) is 2.43. The Labute approximate surface area is 130 Å². The zero-order valence-electron chi connectivity index (χ0n) is 13.0. The van der Waals surface area contributed by atoms with Gasteiger partial charge in [-0.3, -0.25) is 0 Å². The molecule has 0 bridgehead atoms. The number of morpholine rings is 1. The highest BCUT2D eigenvalue weighted by atomic mass is 16.5. The van der Waals surface area contributed by atoms with Gasteiger partial charge in [0.15, 0.2) is 0 Å². The largest absolute Gasteiger partial charge is 0.477 e. The number of ether oxygens (including phenoxy) is 2. The van der Waals surface area contributed by atoms with Crippen molar-refractivity contribution in [2.75, 3.05) is 37.8 Å². The maximum atomic E-state index is 5.61. The van der Waals surface area contributed by atoms with Crippen molar-refractivity contribution in [3.8, 4) is 17.1 Å². The van der Waals surface area contributed by atoms with E-state index in [0.717, 1.165) is 36.0 Å². The third-order valence-electron chi connectivity index (χ3n) is 3.46. The summed E-state index contributed by atoms with van der Waals surface area (Å²) in [7, 11) is 0. The molecule has 0 N–H and O–H groups in total. The highest BCUT2D eigenvalue weighted by Crippen LogP contribution is 2.28. The van der Waals surface area contributed by atoms with Crippen molar-refractivity contribution in [1.82, 2.24) is 15.0 Å². The van der Waals surface area contributed by atoms with Crippen molar-refractivity contribution in [2.24, 2.45) is 0 Å². The van der Waals surface area contributed by atoms with Crippen LogP contribution in [0.25, 0.3) is 11.3 Å². The predicted molar refractivity (Wildman–Crippen MR) is 84.2 cm³/mol. The van der Waals surface area contributed by atoms with E-state index in [4.69, 9.17) is 14.5 Å². The summed E-state index contributed by atoms with van der Waals surface area (Å²) in [6.45, 7) is 7.55. The van der Waals surface area contributed by atoms with E-state index in [1.54, 1.807) is 6.20 Å². The van der Waals surface area contributed by atoms with Crippen molar-refractivity contribution in [2.45, 2.75) is 13.8 Å². The molecule has 2 aromatic heterocycles. The van der Waals surface area contributed by atoms with Gasteiger partial charge in [-0.25, -0.2) is 15.0 Å². The van der Waals surface area contributed by atoms with E-state index in [-0.39, 0.29) is 0 Å². The molecular weight excluding hydrogens is 280 g/mol. The molecule has 1 fully saturated rings. The fourth-order valence-corrected chi connectivity index (χ4v) is 2.43. The smallest absolute Gasteiger partial charge is 0.226 e. The van der Waals surface area contributed by atoms with Gasteiger partial charge in [-0.05, 0) is 32.0 Å². The van der Waals surface area contributed by atoms with Gasteiger partial charge in [-0.15, -0.1) is 0 Å². The van der Waals surface area contributed by atoms with Crippen molar-refractivity contribution >= 4 is 5.95 Å². The molecule has 1 aliphatic rings. The van der Waals surface area contributed by atoms with Gasteiger partial charge in [-0.1, -0.05) is 0 Å². The summed E-state index contributed by atoms with van der Waals surface area (Å²) >= 11 is 0. The van der Waals surface area contributed by atoms with Gasteiger partial charge in [0.2, 0.25) is 11.8 Å². The molecule has 0 spiro atoms. The van der Waals surface area contributed by atoms with Crippen LogP contribution in [0.3, 0.4) is 0 Å². The number of anilines is 1. The second-order valence-corrected chi connectivity index (χ2v) is 5.08. The summed E-state index contributed by atoms with van der Waals surface area (Å²) in [4.78, 5) is 15.7. The molecule has 1 saturated heterocycles. The van der Waals surface area contributed by atoms with E-state index >= 15 is 0 Å². The van der Waals surface area contributed by atoms with Crippen molar-refractivity contribution in [3.63, 3.8) is 0 Å². The molecule has 3 rings (SSSR count). The topological polar surface area (TPSA) is 60.4 Å². The SMILES string of the molecule is CCOc1ncccc1-c1cc(C)nc(N2CCOCC2)n1. The lowest BCUT2D eigenvalue weighted by molar-refractivity contribution is 0.122. The molecule has 0 amide bonds. The van der Waals surface area contributed by atoms with Gasteiger partial charge in [0.1, 0.15) is 0 Å². The van der Waals surface area contributed by atoms with Crippen LogP contribution in [0.2, 0.25) is 0 Å². The minimum atomic E-state index is 0.574. The molecule has 0 radical (unpaired) electrons. The first kappa shape index (κ1) is 14.7. The van der Waals surface area contributed by atoms with E-state index in [1.807, 2.05) is 32.0 Å². The molecule has 3 heterocycles. The number of nitrogens with zero attached hydrogens (tertiary/aromatic N) is 4. The standard InChI is InChI=1S/C16H20N4O2/c1-3-22-15-13(5-4-6-17-15)14-11-12(2)18-16(19-14)20-7-9-21-10-8-20/h4-6,11H,3,7-10H2,1-2H3. The zero-order valence-corrected chi connectivity index (χ0v) is 13.0. The highest BCUT2D eigenvalue weighted by Gasteiger charge is 2.17. The van der Waals surface area contributed by atoms with Crippen LogP contribution < -0.4 is 9.64 Å². The third kappa shape index (κ3) is 3.17. The van der Waals surface area contributed by atoms with E-state index < -0.39 is 0 Å². The van der Waals surface area contributed by atoms with Crippen LogP contribution >= 0.6 is 0 Å². The summed E-state index contributed by atoms with van der Waals surface area (Å²) < 4.78 is 11.0. The molecule has 2 aromatic rings. The predicted octanol–water partition coefficient (Wildman–Crippen LogP) is 2.08. The lowest BCUT2D eigenvalue weighted by atomic mass is 10.2. The van der Waals surface area contributed by atoms with Crippen LogP contribution in [0.4, 0.5) is 5.95 Å². The number of hydrogen-bond donors (Lipinski definition) is 0. The molecule has 22 heavy (non-hydrogen) atoms. The van der Waals surface area contributed by atoms with Crippen LogP contribution in [0.1, 0.15) is 12.6 Å². The number of pyridine rings is 1. The lowest BCUT2D eigenvalue weighted by Crippen LogP contribution is -2.37. The van der Waals surface area contributed by atoms with Crippen molar-refractivity contribution < 1.29 is 9.47 Å². The van der Waals surface area contributed by atoms with Crippen molar-refractivity contribution in [3.05, 3.63) is 30.1 Å². The molecule has 6 heteroatoms. The fraction of sp³-hybridized carbons (Fsp3) is 0.438. The quantitative estimate of drug-likeness (QED) is 0.861. The maximum Gasteiger partial charge on any atom is 0.226 e. The van der Waals surface area contributed by atoms with Crippen LogP contribution in [0.15, 0.2) is 24.4 Å². The van der Waals surface area contributed by atoms with Crippen LogP contribution in [-0.4, -0.2) is 47.9 Å². The van der Waals surface area contributed by atoms with Gasteiger partial charge >= 0.3 is 0 Å². The Bertz CT molecular complexity index is 642. The van der Waals surface area contributed by atoms with Gasteiger partial charge in [0.05, 0.1) is 31.1 Å². The maximum absolute atomic E-state index is 5.61. The van der Waals surface area contributed by atoms with Crippen LogP contribution in [0, 0.1) is 6.92 Å². The molecule has 0 saturated carbocycles. The Morgan fingerprint density at radius 1 is 1.27 bits per heavy atom. The Morgan fingerprint density at radius 2 is 2.09 bits per heavy atom. The third-order valence-corrected chi connectivity index (χ3v) is 3.46. The molecule has 0 unspecified atom stereocenters. The highest BCUT2D eigenvalue weighted by molar-refractivity contribution is 5.66. The minimum absolute atomic E-state index is 0.574. The zero-order chi connectivity index (χ0) is 15.4. The molecule has 0 aliphatic carbocycles. The first-order valence-electron chi connectivity index (χ1n) is 7.54. The normalized spacial score (nSPS) is 14.9. The van der Waals surface area contributed by atoms with Gasteiger partial charge < -0.3 is 14.4 Å². The molecule has 0 atom stereocenters. The summed E-state index contributed by atoms with van der Waals surface area (Å²) in [5, 5.41) is 0. The molecule has 6 nitrogen and oxygen atoms in total. The van der Waals surface area contributed by atoms with Gasteiger partial charge in [-0.2, -0.15) is 0 Å². The Hall–Kier alpha value is -2.21. The second kappa shape index (κ2) is 6.70. The minimum Gasteiger partial charge on any atom is -0.477 e.